The van der Waals surface area contributed by atoms with Gasteiger partial charge < -0.3 is 5.11 Å². The number of hydrogen-bond acceptors (Lipinski definition) is 2. The molecule has 1 atom stereocenters. The lowest BCUT2D eigenvalue weighted by Gasteiger charge is -2.19. The Hall–Kier alpha value is -0.540. The van der Waals surface area contributed by atoms with Gasteiger partial charge in [0.25, 0.3) is 0 Å². The van der Waals surface area contributed by atoms with Gasteiger partial charge in [-0.3, -0.25) is 5.32 Å². The van der Waals surface area contributed by atoms with Gasteiger partial charge in [0.15, 0.2) is 0 Å². The number of allylic oxidation sites excluding steroid dienone is 1. The smallest absolute Gasteiger partial charge is 0.327 e. The predicted octanol–water partition coefficient (Wildman–Crippen LogP) is 1.19. The Kier molecular flexibility index (Phi) is 4.28. The van der Waals surface area contributed by atoms with Gasteiger partial charge in [-0.05, 0) is 26.3 Å². The summed E-state index contributed by atoms with van der Waals surface area (Å²) < 4.78 is 0. The SMILES string of the molecule is CC=C[C@]1(C(=O)O)CCCN1.Cl. The van der Waals surface area contributed by atoms with Gasteiger partial charge in [0.05, 0.1) is 0 Å². The average Bonchev–Trinajstić information content (AvgIpc) is 2.38. The molecular weight excluding hydrogens is 178 g/mol. The van der Waals surface area contributed by atoms with Crippen LogP contribution < -0.4 is 5.32 Å². The molecule has 0 aromatic carbocycles. The fourth-order valence-corrected chi connectivity index (χ4v) is 1.45. The monoisotopic (exact) mass is 191 g/mol. The molecule has 1 rings (SSSR count). The Morgan fingerprint density at radius 3 is 2.67 bits per heavy atom. The highest BCUT2D eigenvalue weighted by Gasteiger charge is 2.37. The minimum absolute atomic E-state index is 0. The zero-order valence-corrected chi connectivity index (χ0v) is 7.86. The van der Waals surface area contributed by atoms with Crippen LogP contribution in [0.3, 0.4) is 0 Å². The van der Waals surface area contributed by atoms with Crippen LogP contribution in [0.1, 0.15) is 19.8 Å². The van der Waals surface area contributed by atoms with Crippen LogP contribution in [0.2, 0.25) is 0 Å². The summed E-state index contributed by atoms with van der Waals surface area (Å²) in [5, 5.41) is 11.9. The first-order valence-corrected chi connectivity index (χ1v) is 3.83. The van der Waals surface area contributed by atoms with Gasteiger partial charge in [-0.2, -0.15) is 0 Å². The highest BCUT2D eigenvalue weighted by Crippen LogP contribution is 2.20. The van der Waals surface area contributed by atoms with Crippen LogP contribution in [0.25, 0.3) is 0 Å². The summed E-state index contributed by atoms with van der Waals surface area (Å²) >= 11 is 0. The van der Waals surface area contributed by atoms with E-state index in [1.165, 1.54) is 0 Å². The largest absolute Gasteiger partial charge is 0.480 e. The van der Waals surface area contributed by atoms with E-state index in [0.717, 1.165) is 13.0 Å². The molecule has 0 radical (unpaired) electrons. The van der Waals surface area contributed by atoms with Crippen molar-refractivity contribution in [2.24, 2.45) is 0 Å². The highest BCUT2D eigenvalue weighted by atomic mass is 35.5. The van der Waals surface area contributed by atoms with Crippen molar-refractivity contribution in [3.8, 4) is 0 Å². The molecule has 0 unspecified atom stereocenters. The average molecular weight is 192 g/mol. The molecule has 1 aliphatic rings. The lowest BCUT2D eigenvalue weighted by Crippen LogP contribution is -2.45. The second-order valence-corrected chi connectivity index (χ2v) is 2.81. The van der Waals surface area contributed by atoms with Crippen LogP contribution in [0.15, 0.2) is 12.2 Å². The number of aliphatic carboxylic acids is 1. The summed E-state index contributed by atoms with van der Waals surface area (Å²) in [6, 6.07) is 0. The van der Waals surface area contributed by atoms with Crippen LogP contribution in [-0.2, 0) is 4.79 Å². The van der Waals surface area contributed by atoms with Crippen LogP contribution in [-0.4, -0.2) is 23.2 Å². The molecule has 0 aromatic rings. The summed E-state index contributed by atoms with van der Waals surface area (Å²) in [5.74, 6) is -0.770. The van der Waals surface area contributed by atoms with Crippen molar-refractivity contribution in [2.75, 3.05) is 6.54 Å². The molecule has 12 heavy (non-hydrogen) atoms. The first-order valence-electron chi connectivity index (χ1n) is 3.83. The van der Waals surface area contributed by atoms with Crippen molar-refractivity contribution < 1.29 is 9.90 Å². The Balaban J connectivity index is 0.00000121. The lowest BCUT2D eigenvalue weighted by molar-refractivity contribution is -0.142. The molecule has 0 amide bonds. The summed E-state index contributed by atoms with van der Waals surface area (Å²) in [6.45, 7) is 2.64. The summed E-state index contributed by atoms with van der Waals surface area (Å²) in [4.78, 5) is 10.8. The topological polar surface area (TPSA) is 49.3 Å². The first kappa shape index (κ1) is 11.5. The molecular formula is C8H14ClNO2. The molecule has 2 N–H and O–H groups in total. The maximum Gasteiger partial charge on any atom is 0.327 e. The van der Waals surface area contributed by atoms with Crippen molar-refractivity contribution >= 4 is 18.4 Å². The maximum absolute atomic E-state index is 10.8. The third-order valence-corrected chi connectivity index (χ3v) is 2.02. The zero-order chi connectivity index (χ0) is 8.32. The zero-order valence-electron chi connectivity index (χ0n) is 7.04. The molecule has 1 heterocycles. The summed E-state index contributed by atoms with van der Waals surface area (Å²) in [6.07, 6.45) is 5.15. The van der Waals surface area contributed by atoms with E-state index in [9.17, 15) is 4.79 Å². The molecule has 0 spiro atoms. The first-order chi connectivity index (χ1) is 5.21. The number of carboxylic acid groups (broad SMARTS) is 1. The third kappa shape index (κ3) is 1.99. The Labute approximate surface area is 78.3 Å². The van der Waals surface area contributed by atoms with Gasteiger partial charge in [0.1, 0.15) is 5.54 Å². The molecule has 70 valence electrons. The standard InChI is InChI=1S/C8H13NO2.ClH/c1-2-4-8(7(10)11)5-3-6-9-8;/h2,4,9H,3,5-6H2,1H3,(H,10,11);1H/t8-;/m1./s1. The third-order valence-electron chi connectivity index (χ3n) is 2.02. The molecule has 3 nitrogen and oxygen atoms in total. The number of carboxylic acids is 1. The number of nitrogens with one attached hydrogen (secondary N) is 1. The van der Waals surface area contributed by atoms with E-state index >= 15 is 0 Å². The van der Waals surface area contributed by atoms with Gasteiger partial charge in [-0.25, -0.2) is 4.79 Å². The molecule has 4 heteroatoms. The Bertz CT molecular complexity index is 185. The molecule has 0 bridgehead atoms. The molecule has 1 saturated heterocycles. The number of carbonyl (C=O) groups is 1. The molecule has 1 aliphatic heterocycles. The van der Waals surface area contributed by atoms with E-state index in [-0.39, 0.29) is 12.4 Å². The van der Waals surface area contributed by atoms with Crippen LogP contribution >= 0.6 is 12.4 Å². The summed E-state index contributed by atoms with van der Waals surface area (Å²) in [5.41, 5.74) is -0.769. The predicted molar refractivity (Wildman–Crippen MR) is 49.7 cm³/mol. The highest BCUT2D eigenvalue weighted by molar-refractivity contribution is 5.85. The number of halogens is 1. The minimum atomic E-state index is -0.770. The Morgan fingerprint density at radius 2 is 2.33 bits per heavy atom. The van der Waals surface area contributed by atoms with E-state index in [2.05, 4.69) is 5.32 Å². The van der Waals surface area contributed by atoms with Gasteiger partial charge in [-0.15, -0.1) is 12.4 Å². The fraction of sp³-hybridized carbons (Fsp3) is 0.625. The van der Waals surface area contributed by atoms with Crippen LogP contribution in [0.5, 0.6) is 0 Å². The van der Waals surface area contributed by atoms with Crippen molar-refractivity contribution in [1.82, 2.24) is 5.32 Å². The minimum Gasteiger partial charge on any atom is -0.480 e. The van der Waals surface area contributed by atoms with E-state index in [1.54, 1.807) is 12.2 Å². The molecule has 0 aromatic heterocycles. The van der Waals surface area contributed by atoms with E-state index in [1.807, 2.05) is 6.92 Å². The second kappa shape index (κ2) is 4.48. The van der Waals surface area contributed by atoms with Gasteiger partial charge in [-0.1, -0.05) is 12.2 Å². The van der Waals surface area contributed by atoms with E-state index < -0.39 is 11.5 Å². The normalized spacial score (nSPS) is 28.8. The van der Waals surface area contributed by atoms with E-state index in [4.69, 9.17) is 5.11 Å². The fourth-order valence-electron chi connectivity index (χ4n) is 1.45. The Morgan fingerprint density at radius 1 is 1.67 bits per heavy atom. The van der Waals surface area contributed by atoms with Gasteiger partial charge in [0, 0.05) is 0 Å². The van der Waals surface area contributed by atoms with Crippen molar-refractivity contribution in [3.63, 3.8) is 0 Å². The van der Waals surface area contributed by atoms with Crippen molar-refractivity contribution in [3.05, 3.63) is 12.2 Å². The number of rotatable bonds is 2. The van der Waals surface area contributed by atoms with Gasteiger partial charge >= 0.3 is 5.97 Å². The van der Waals surface area contributed by atoms with Crippen LogP contribution in [0.4, 0.5) is 0 Å². The van der Waals surface area contributed by atoms with Gasteiger partial charge in [0.2, 0.25) is 0 Å². The molecule has 0 aliphatic carbocycles. The van der Waals surface area contributed by atoms with Crippen molar-refractivity contribution in [1.29, 1.82) is 0 Å². The van der Waals surface area contributed by atoms with Crippen LogP contribution in [0, 0.1) is 0 Å². The summed E-state index contributed by atoms with van der Waals surface area (Å²) in [7, 11) is 0. The number of hydrogen-bond donors (Lipinski definition) is 2. The molecule has 0 saturated carbocycles. The van der Waals surface area contributed by atoms with Crippen molar-refractivity contribution in [2.45, 2.75) is 25.3 Å². The lowest BCUT2D eigenvalue weighted by atomic mass is 9.97. The molecule has 1 fully saturated rings. The quantitative estimate of drug-likeness (QED) is 0.645. The van der Waals surface area contributed by atoms with E-state index in [0.29, 0.717) is 6.42 Å². The second-order valence-electron chi connectivity index (χ2n) is 2.81. The maximum atomic E-state index is 10.8.